The molecule has 18 heavy (non-hydrogen) atoms. The van der Waals surface area contributed by atoms with Crippen molar-refractivity contribution in [1.29, 1.82) is 0 Å². The third-order valence-electron chi connectivity index (χ3n) is 2.55. The quantitative estimate of drug-likeness (QED) is 0.841. The van der Waals surface area contributed by atoms with Gasteiger partial charge in [0.25, 0.3) is 5.91 Å². The second-order valence-electron chi connectivity index (χ2n) is 4.53. The van der Waals surface area contributed by atoms with Crippen LogP contribution in [-0.2, 0) is 0 Å². The summed E-state index contributed by atoms with van der Waals surface area (Å²) in [5.41, 5.74) is 5.47. The summed E-state index contributed by atoms with van der Waals surface area (Å²) < 4.78 is 0. The van der Waals surface area contributed by atoms with Crippen LogP contribution >= 0.6 is 35.4 Å². The number of nitrogens with two attached hydrogens (primary N) is 1. The number of benzene rings is 1. The molecule has 3 nitrogen and oxygen atoms in total. The number of carbonyl (C=O) groups excluding carboxylic acids is 1. The molecule has 3 N–H and O–H groups in total. The van der Waals surface area contributed by atoms with Crippen LogP contribution in [0.4, 0.5) is 0 Å². The molecule has 1 amide bonds. The van der Waals surface area contributed by atoms with Gasteiger partial charge >= 0.3 is 0 Å². The van der Waals surface area contributed by atoms with Gasteiger partial charge in [0, 0.05) is 12.0 Å². The van der Waals surface area contributed by atoms with Gasteiger partial charge in [-0.1, -0.05) is 55.3 Å². The van der Waals surface area contributed by atoms with Gasteiger partial charge in [-0.25, -0.2) is 0 Å². The summed E-state index contributed by atoms with van der Waals surface area (Å²) in [4.78, 5) is 12.3. The van der Waals surface area contributed by atoms with E-state index in [9.17, 15) is 4.79 Å². The Hall–Kier alpha value is -0.840. The average molecular weight is 305 g/mol. The summed E-state index contributed by atoms with van der Waals surface area (Å²) in [5, 5.41) is 3.32. The van der Waals surface area contributed by atoms with Crippen LogP contribution < -0.4 is 11.1 Å². The smallest absolute Gasteiger partial charge is 0.252 e. The Labute approximate surface area is 122 Å². The molecule has 1 aromatic rings. The lowest BCUT2D eigenvalue weighted by atomic mass is 9.93. The molecule has 6 heteroatoms. The molecule has 0 saturated heterocycles. The van der Waals surface area contributed by atoms with Crippen LogP contribution in [0.25, 0.3) is 0 Å². The standard InChI is InChI=1S/C12H14Cl2N2OS/c1-12(2,11(15)18)6-16-10(17)7-4-3-5-8(13)9(7)14/h3-5H,6H2,1-2H3,(H2,15,18)(H,16,17). The molecular weight excluding hydrogens is 291 g/mol. The van der Waals surface area contributed by atoms with E-state index in [1.54, 1.807) is 18.2 Å². The Balaban J connectivity index is 2.78. The first-order valence-electron chi connectivity index (χ1n) is 5.28. The maximum absolute atomic E-state index is 11.9. The first kappa shape index (κ1) is 15.2. The molecule has 1 aromatic carbocycles. The van der Waals surface area contributed by atoms with Gasteiger partial charge in [0.05, 0.1) is 20.6 Å². The minimum atomic E-state index is -0.448. The van der Waals surface area contributed by atoms with Crippen LogP contribution in [-0.4, -0.2) is 17.4 Å². The summed E-state index contributed by atoms with van der Waals surface area (Å²) >= 11 is 16.7. The lowest BCUT2D eigenvalue weighted by Crippen LogP contribution is -2.41. The number of thiocarbonyl (C=S) groups is 1. The van der Waals surface area contributed by atoms with Gasteiger partial charge in [0.1, 0.15) is 0 Å². The van der Waals surface area contributed by atoms with Gasteiger partial charge in [0.15, 0.2) is 0 Å². The SMILES string of the molecule is CC(C)(CNC(=O)c1cccc(Cl)c1Cl)C(N)=S. The van der Waals surface area contributed by atoms with Gasteiger partial charge in [0.2, 0.25) is 0 Å². The van der Waals surface area contributed by atoms with Crippen molar-refractivity contribution in [1.82, 2.24) is 5.32 Å². The van der Waals surface area contributed by atoms with E-state index in [4.69, 9.17) is 41.2 Å². The normalized spacial score (nSPS) is 11.1. The molecule has 0 aliphatic rings. The Morgan fingerprint density at radius 2 is 2.06 bits per heavy atom. The summed E-state index contributed by atoms with van der Waals surface area (Å²) in [5.74, 6) is -0.299. The van der Waals surface area contributed by atoms with E-state index in [2.05, 4.69) is 5.32 Å². The first-order chi connectivity index (χ1) is 8.25. The van der Waals surface area contributed by atoms with Gasteiger partial charge in [-0.15, -0.1) is 0 Å². The number of halogens is 2. The molecule has 0 fully saturated rings. The number of carbonyl (C=O) groups is 1. The molecular formula is C12H14Cl2N2OS. The number of amides is 1. The monoisotopic (exact) mass is 304 g/mol. The number of rotatable bonds is 4. The molecule has 0 radical (unpaired) electrons. The average Bonchev–Trinajstić information content (AvgIpc) is 2.29. The fourth-order valence-electron chi connectivity index (χ4n) is 1.16. The van der Waals surface area contributed by atoms with Crippen molar-refractivity contribution in [3.8, 4) is 0 Å². The topological polar surface area (TPSA) is 55.1 Å². The van der Waals surface area contributed by atoms with Gasteiger partial charge < -0.3 is 11.1 Å². The fraction of sp³-hybridized carbons (Fsp3) is 0.333. The first-order valence-corrected chi connectivity index (χ1v) is 6.44. The molecule has 98 valence electrons. The summed E-state index contributed by atoms with van der Waals surface area (Å²) in [6, 6.07) is 4.90. The molecule has 0 heterocycles. The molecule has 0 spiro atoms. The Kier molecular flexibility index (Phi) is 4.96. The van der Waals surface area contributed by atoms with Crippen molar-refractivity contribution in [2.45, 2.75) is 13.8 Å². The maximum atomic E-state index is 11.9. The van der Waals surface area contributed by atoms with Crippen molar-refractivity contribution in [2.24, 2.45) is 11.1 Å². The zero-order valence-electron chi connectivity index (χ0n) is 10.1. The van der Waals surface area contributed by atoms with E-state index in [0.29, 0.717) is 22.1 Å². The maximum Gasteiger partial charge on any atom is 0.252 e. The van der Waals surface area contributed by atoms with E-state index in [1.807, 2.05) is 13.8 Å². The van der Waals surface area contributed by atoms with Crippen molar-refractivity contribution in [3.63, 3.8) is 0 Å². The van der Waals surface area contributed by atoms with E-state index in [1.165, 1.54) is 0 Å². The minimum absolute atomic E-state index is 0.241. The Bertz CT molecular complexity index is 489. The highest BCUT2D eigenvalue weighted by molar-refractivity contribution is 7.80. The summed E-state index contributed by atoms with van der Waals surface area (Å²) in [6.07, 6.45) is 0. The summed E-state index contributed by atoms with van der Waals surface area (Å²) in [7, 11) is 0. The molecule has 0 bridgehead atoms. The second-order valence-corrected chi connectivity index (χ2v) is 5.76. The van der Waals surface area contributed by atoms with Crippen LogP contribution in [0.3, 0.4) is 0 Å². The van der Waals surface area contributed by atoms with Crippen molar-refractivity contribution in [3.05, 3.63) is 33.8 Å². The van der Waals surface area contributed by atoms with Crippen molar-refractivity contribution >= 4 is 46.3 Å². The zero-order valence-corrected chi connectivity index (χ0v) is 12.4. The largest absolute Gasteiger partial charge is 0.393 e. The van der Waals surface area contributed by atoms with Gasteiger partial charge in [-0.2, -0.15) is 0 Å². The third kappa shape index (κ3) is 3.57. The zero-order chi connectivity index (χ0) is 13.9. The van der Waals surface area contributed by atoms with E-state index in [-0.39, 0.29) is 10.9 Å². The van der Waals surface area contributed by atoms with Crippen LogP contribution in [0.15, 0.2) is 18.2 Å². The van der Waals surface area contributed by atoms with Crippen LogP contribution in [0.2, 0.25) is 10.0 Å². The van der Waals surface area contributed by atoms with Crippen LogP contribution in [0, 0.1) is 5.41 Å². The predicted octanol–water partition coefficient (Wildman–Crippen LogP) is 3.04. The Morgan fingerprint density at radius 1 is 1.44 bits per heavy atom. The molecule has 0 atom stereocenters. The van der Waals surface area contributed by atoms with Crippen LogP contribution in [0.1, 0.15) is 24.2 Å². The molecule has 0 unspecified atom stereocenters. The van der Waals surface area contributed by atoms with E-state index in [0.717, 1.165) is 0 Å². The van der Waals surface area contributed by atoms with E-state index >= 15 is 0 Å². The van der Waals surface area contributed by atoms with Gasteiger partial charge in [-0.05, 0) is 12.1 Å². The second kappa shape index (κ2) is 5.87. The lowest BCUT2D eigenvalue weighted by Gasteiger charge is -2.23. The third-order valence-corrected chi connectivity index (χ3v) is 3.93. The van der Waals surface area contributed by atoms with Crippen molar-refractivity contribution in [2.75, 3.05) is 6.54 Å². The predicted molar refractivity (Wildman–Crippen MR) is 79.4 cm³/mol. The summed E-state index contributed by atoms with van der Waals surface area (Å²) in [6.45, 7) is 4.05. The minimum Gasteiger partial charge on any atom is -0.393 e. The highest BCUT2D eigenvalue weighted by Gasteiger charge is 2.23. The van der Waals surface area contributed by atoms with Crippen molar-refractivity contribution < 1.29 is 4.79 Å². The van der Waals surface area contributed by atoms with E-state index < -0.39 is 5.41 Å². The Morgan fingerprint density at radius 3 is 2.61 bits per heavy atom. The molecule has 0 aliphatic carbocycles. The lowest BCUT2D eigenvalue weighted by molar-refractivity contribution is 0.0945. The highest BCUT2D eigenvalue weighted by atomic mass is 35.5. The molecule has 0 aromatic heterocycles. The molecule has 0 aliphatic heterocycles. The van der Waals surface area contributed by atoms with Crippen LogP contribution in [0.5, 0.6) is 0 Å². The number of hydrogen-bond donors (Lipinski definition) is 2. The highest BCUT2D eigenvalue weighted by Crippen LogP contribution is 2.25. The molecule has 0 saturated carbocycles. The van der Waals surface area contributed by atoms with Gasteiger partial charge in [-0.3, -0.25) is 4.79 Å². The molecule has 1 rings (SSSR count). The fourth-order valence-corrected chi connectivity index (χ4v) is 1.62. The number of hydrogen-bond acceptors (Lipinski definition) is 2. The number of nitrogens with one attached hydrogen (secondary N) is 1.